The Labute approximate surface area is 143 Å². The molecule has 0 radical (unpaired) electrons. The van der Waals surface area contributed by atoms with Crippen LogP contribution in [0.4, 0.5) is 0 Å². The van der Waals surface area contributed by atoms with Gasteiger partial charge in [0.25, 0.3) is 0 Å². The maximum Gasteiger partial charge on any atom is 0.166 e. The molecule has 4 nitrogen and oxygen atoms in total. The van der Waals surface area contributed by atoms with Crippen LogP contribution in [-0.4, -0.2) is 31.5 Å². The highest BCUT2D eigenvalue weighted by Crippen LogP contribution is 2.28. The van der Waals surface area contributed by atoms with Gasteiger partial charge in [0, 0.05) is 30.2 Å². The Balaban J connectivity index is 1.70. The molecule has 1 aliphatic heterocycles. The Morgan fingerprint density at radius 3 is 2.58 bits per heavy atom. The van der Waals surface area contributed by atoms with Gasteiger partial charge >= 0.3 is 0 Å². The first-order valence-corrected chi connectivity index (χ1v) is 8.54. The fourth-order valence-electron chi connectivity index (χ4n) is 3.26. The van der Waals surface area contributed by atoms with Crippen LogP contribution >= 0.6 is 0 Å². The summed E-state index contributed by atoms with van der Waals surface area (Å²) in [5.41, 5.74) is 3.31. The number of methoxy groups -OCH3 is 1. The number of likely N-dealkylation sites (tertiary alicyclic amines) is 1. The number of hydrogen-bond donors (Lipinski definition) is 2. The third kappa shape index (κ3) is 3.95. The Morgan fingerprint density at radius 2 is 1.83 bits per heavy atom. The number of rotatable bonds is 6. The van der Waals surface area contributed by atoms with Gasteiger partial charge in [0.1, 0.15) is 6.54 Å². The number of phenolic OH excluding ortho intramolecular Hbond substituents is 1. The Morgan fingerprint density at radius 1 is 1.08 bits per heavy atom. The molecule has 1 fully saturated rings. The van der Waals surface area contributed by atoms with Gasteiger partial charge in [-0.15, -0.1) is 0 Å². The second kappa shape index (κ2) is 7.97. The van der Waals surface area contributed by atoms with E-state index in [9.17, 15) is 5.11 Å². The van der Waals surface area contributed by atoms with E-state index in [2.05, 4.69) is 29.3 Å². The zero-order valence-electron chi connectivity index (χ0n) is 14.2. The highest BCUT2D eigenvalue weighted by atomic mass is 16.5. The second-order valence-corrected chi connectivity index (χ2v) is 6.27. The fourth-order valence-corrected chi connectivity index (χ4v) is 3.26. The quantitative estimate of drug-likeness (QED) is 0.800. The van der Waals surface area contributed by atoms with E-state index in [1.165, 1.54) is 37.1 Å². The number of nitrogens with zero attached hydrogens (tertiary/aromatic N) is 1. The Bertz CT molecular complexity index is 707. The molecule has 0 amide bonds. The molecule has 0 atom stereocenters. The van der Waals surface area contributed by atoms with Crippen LogP contribution in [0.3, 0.4) is 0 Å². The normalized spacial score (nSPS) is 15.2. The summed E-state index contributed by atoms with van der Waals surface area (Å²) in [4.78, 5) is 6.20. The molecule has 0 spiro atoms. The lowest BCUT2D eigenvalue weighted by atomic mass is 10.1. The number of aromatic hydroxyl groups is 1. The number of para-hydroxylation sites is 1. The predicted octanol–water partition coefficient (Wildman–Crippen LogP) is 2.20. The molecule has 4 heteroatoms. The molecule has 1 aliphatic rings. The Kier molecular flexibility index (Phi) is 5.49. The first kappa shape index (κ1) is 16.5. The van der Waals surface area contributed by atoms with Crippen LogP contribution in [-0.2, 0) is 13.1 Å². The summed E-state index contributed by atoms with van der Waals surface area (Å²) in [6.07, 6.45) is 4.40. The molecule has 1 heterocycles. The van der Waals surface area contributed by atoms with Crippen molar-refractivity contribution in [3.05, 3.63) is 59.2 Å². The van der Waals surface area contributed by atoms with E-state index in [1.54, 1.807) is 24.3 Å². The van der Waals surface area contributed by atoms with E-state index in [0.717, 1.165) is 6.54 Å². The van der Waals surface area contributed by atoms with Gasteiger partial charge in [0.2, 0.25) is 0 Å². The number of ether oxygens (including phenoxy) is 1. The van der Waals surface area contributed by atoms with Crippen molar-refractivity contribution in [3.63, 3.8) is 0 Å². The highest BCUT2D eigenvalue weighted by Gasteiger charge is 2.16. The molecular weight excluding hydrogens is 300 g/mol. The van der Waals surface area contributed by atoms with E-state index in [-0.39, 0.29) is 5.75 Å². The number of hydrogen-bond acceptors (Lipinski definition) is 3. The third-order valence-electron chi connectivity index (χ3n) is 4.61. The number of nitrogens with one attached hydrogen (secondary N) is 1. The first-order chi connectivity index (χ1) is 11.8. The summed E-state index contributed by atoms with van der Waals surface area (Å²) in [5, 5.41) is 10.1. The summed E-state index contributed by atoms with van der Waals surface area (Å²) in [6.45, 7) is 4.25. The highest BCUT2D eigenvalue weighted by molar-refractivity contribution is 5.84. The van der Waals surface area contributed by atoms with Crippen molar-refractivity contribution >= 4 is 6.21 Å². The molecular formula is C20H25N2O2+. The number of phenols is 1. The van der Waals surface area contributed by atoms with Crippen LogP contribution in [0.15, 0.2) is 47.5 Å². The topological polar surface area (TPSA) is 46.3 Å². The SMILES string of the molecule is COc1cccc(C=NCc2ccccc2C[NH+]2CCCC2)c1O. The van der Waals surface area contributed by atoms with Crippen LogP contribution in [0.2, 0.25) is 0 Å². The van der Waals surface area contributed by atoms with Crippen LogP contribution < -0.4 is 9.64 Å². The monoisotopic (exact) mass is 325 g/mol. The van der Waals surface area contributed by atoms with Gasteiger partial charge < -0.3 is 14.7 Å². The lowest BCUT2D eigenvalue weighted by Gasteiger charge is -2.14. The standard InChI is InChI=1S/C20H24N2O2/c1-24-19-10-6-9-17(20(19)23)14-21-13-16-7-2-3-8-18(16)15-22-11-4-5-12-22/h2-3,6-10,14,23H,4-5,11-13,15H2,1H3/p+1. The summed E-state index contributed by atoms with van der Waals surface area (Å²) in [6, 6.07) is 13.9. The van der Waals surface area contributed by atoms with Crippen LogP contribution in [0, 0.1) is 0 Å². The van der Waals surface area contributed by atoms with Crippen LogP contribution in [0.5, 0.6) is 11.5 Å². The average molecular weight is 325 g/mol. The van der Waals surface area contributed by atoms with Gasteiger partial charge in [-0.1, -0.05) is 30.3 Å². The van der Waals surface area contributed by atoms with Crippen molar-refractivity contribution in [2.75, 3.05) is 20.2 Å². The van der Waals surface area contributed by atoms with Crippen molar-refractivity contribution in [1.82, 2.24) is 0 Å². The molecule has 2 N–H and O–H groups in total. The molecule has 3 rings (SSSR count). The average Bonchev–Trinajstić information content (AvgIpc) is 3.11. The number of aliphatic imine (C=N–C) groups is 1. The second-order valence-electron chi connectivity index (χ2n) is 6.27. The van der Waals surface area contributed by atoms with Gasteiger partial charge in [0.05, 0.1) is 26.7 Å². The lowest BCUT2D eigenvalue weighted by molar-refractivity contribution is -0.901. The van der Waals surface area contributed by atoms with E-state index >= 15 is 0 Å². The van der Waals surface area contributed by atoms with Gasteiger partial charge in [-0.25, -0.2) is 0 Å². The minimum atomic E-state index is 0.138. The zero-order valence-corrected chi connectivity index (χ0v) is 14.2. The molecule has 2 aromatic carbocycles. The van der Waals surface area contributed by atoms with Crippen molar-refractivity contribution in [3.8, 4) is 11.5 Å². The first-order valence-electron chi connectivity index (χ1n) is 8.54. The van der Waals surface area contributed by atoms with Gasteiger partial charge in [0.15, 0.2) is 11.5 Å². The lowest BCUT2D eigenvalue weighted by Crippen LogP contribution is -3.08. The Hall–Kier alpha value is -2.33. The van der Waals surface area contributed by atoms with Crippen molar-refractivity contribution < 1.29 is 14.7 Å². The molecule has 24 heavy (non-hydrogen) atoms. The van der Waals surface area contributed by atoms with E-state index in [4.69, 9.17) is 4.74 Å². The maximum atomic E-state index is 10.1. The summed E-state index contributed by atoms with van der Waals surface area (Å²) in [5.74, 6) is 0.607. The number of quaternary nitrogens is 1. The van der Waals surface area contributed by atoms with Crippen molar-refractivity contribution in [2.24, 2.45) is 4.99 Å². The minimum Gasteiger partial charge on any atom is -0.504 e. The van der Waals surface area contributed by atoms with Crippen LogP contribution in [0.1, 0.15) is 29.5 Å². The molecule has 0 unspecified atom stereocenters. The van der Waals surface area contributed by atoms with E-state index in [1.807, 2.05) is 12.1 Å². The third-order valence-corrected chi connectivity index (χ3v) is 4.61. The largest absolute Gasteiger partial charge is 0.504 e. The predicted molar refractivity (Wildman–Crippen MR) is 96.0 cm³/mol. The van der Waals surface area contributed by atoms with E-state index in [0.29, 0.717) is 17.9 Å². The molecule has 0 aliphatic carbocycles. The molecule has 0 saturated carbocycles. The molecule has 0 aromatic heterocycles. The van der Waals surface area contributed by atoms with E-state index < -0.39 is 0 Å². The molecule has 2 aromatic rings. The summed E-state index contributed by atoms with van der Waals surface area (Å²) < 4.78 is 5.13. The van der Waals surface area contributed by atoms with Gasteiger partial charge in [-0.05, 0) is 17.7 Å². The zero-order chi connectivity index (χ0) is 16.8. The van der Waals surface area contributed by atoms with Crippen molar-refractivity contribution in [2.45, 2.75) is 25.9 Å². The van der Waals surface area contributed by atoms with Crippen LogP contribution in [0.25, 0.3) is 0 Å². The summed E-state index contributed by atoms with van der Waals surface area (Å²) in [7, 11) is 1.55. The van der Waals surface area contributed by atoms with Gasteiger partial charge in [-0.3, -0.25) is 4.99 Å². The maximum absolute atomic E-state index is 10.1. The van der Waals surface area contributed by atoms with Crippen molar-refractivity contribution in [1.29, 1.82) is 0 Å². The fraction of sp³-hybridized carbons (Fsp3) is 0.350. The smallest absolute Gasteiger partial charge is 0.166 e. The number of benzene rings is 2. The molecule has 0 bridgehead atoms. The summed E-state index contributed by atoms with van der Waals surface area (Å²) >= 11 is 0. The molecule has 126 valence electrons. The molecule has 1 saturated heterocycles. The minimum absolute atomic E-state index is 0.138. The van der Waals surface area contributed by atoms with Gasteiger partial charge in [-0.2, -0.15) is 0 Å².